The van der Waals surface area contributed by atoms with Gasteiger partial charge in [-0.25, -0.2) is 9.03 Å². The summed E-state index contributed by atoms with van der Waals surface area (Å²) < 4.78 is 34.8. The van der Waals surface area contributed by atoms with Crippen molar-refractivity contribution in [3.05, 3.63) is 177 Å². The van der Waals surface area contributed by atoms with Gasteiger partial charge in [0.1, 0.15) is 71.5 Å². The first kappa shape index (κ1) is 44.5. The van der Waals surface area contributed by atoms with E-state index >= 15 is 0 Å². The lowest BCUT2D eigenvalue weighted by atomic mass is 9.90. The lowest BCUT2D eigenvalue weighted by molar-refractivity contribution is -0.148. The van der Waals surface area contributed by atoms with Gasteiger partial charge in [0.15, 0.2) is 0 Å². The normalized spacial score (nSPS) is 25.7. The van der Waals surface area contributed by atoms with Crippen molar-refractivity contribution in [2.24, 2.45) is 0 Å². The summed E-state index contributed by atoms with van der Waals surface area (Å²) >= 11 is 0. The van der Waals surface area contributed by atoms with Crippen LogP contribution in [0.2, 0.25) is 0 Å². The van der Waals surface area contributed by atoms with Gasteiger partial charge < -0.3 is 49.0 Å². The fourth-order valence-electron chi connectivity index (χ4n) is 8.02. The summed E-state index contributed by atoms with van der Waals surface area (Å²) in [6, 6.07) is 36.9. The first-order valence-corrected chi connectivity index (χ1v) is 20.0. The van der Waals surface area contributed by atoms with Crippen LogP contribution in [0.25, 0.3) is 11.0 Å². The van der Waals surface area contributed by atoms with Gasteiger partial charge in [-0.05, 0) is 54.8 Å². The van der Waals surface area contributed by atoms with Crippen molar-refractivity contribution >= 4 is 23.4 Å². The van der Waals surface area contributed by atoms with E-state index in [4.69, 9.17) is 28.8 Å². The Morgan fingerprint density at radius 3 is 1.68 bits per heavy atom. The summed E-state index contributed by atoms with van der Waals surface area (Å²) in [7, 11) is 0. The molecule has 16 nitrogen and oxygen atoms in total. The van der Waals surface area contributed by atoms with E-state index in [0.717, 1.165) is 16.7 Å². The summed E-state index contributed by atoms with van der Waals surface area (Å²) in [4.78, 5) is 29.2. The van der Waals surface area contributed by atoms with Gasteiger partial charge in [-0.2, -0.15) is 10.2 Å². The highest BCUT2D eigenvalue weighted by Gasteiger charge is 2.57. The van der Waals surface area contributed by atoms with Gasteiger partial charge in [-0.3, -0.25) is 9.59 Å². The number of nitrogens with zero attached hydrogens (tertiary/aromatic N) is 4. The largest absolute Gasteiger partial charge is 0.394 e. The molecule has 17 heteroatoms. The van der Waals surface area contributed by atoms with Gasteiger partial charge in [-0.15, -0.1) is 12.4 Å². The topological polar surface area (TPSA) is 207 Å². The zero-order valence-electron chi connectivity index (χ0n) is 34.0. The number of aliphatic hydroxyl groups is 3. The van der Waals surface area contributed by atoms with E-state index in [9.17, 15) is 19.8 Å². The van der Waals surface area contributed by atoms with Crippen molar-refractivity contribution < 1.29 is 39.0 Å². The van der Waals surface area contributed by atoms with Crippen LogP contribution in [-0.4, -0.2) is 93.3 Å². The molecule has 0 spiro atoms. The predicted molar refractivity (Wildman–Crippen MR) is 229 cm³/mol. The van der Waals surface area contributed by atoms with Crippen molar-refractivity contribution in [3.8, 4) is 0 Å². The van der Waals surface area contributed by atoms with Crippen molar-refractivity contribution in [1.82, 2.24) is 29.2 Å². The predicted octanol–water partition coefficient (Wildman–Crippen LogP) is 4.23. The Kier molecular flexibility index (Phi) is 13.8. The van der Waals surface area contributed by atoms with Crippen LogP contribution >= 0.6 is 12.4 Å². The number of aromatic amines is 2. The average molecular weight is 869 g/mol. The summed E-state index contributed by atoms with van der Waals surface area (Å²) in [6.07, 6.45) is -1.91. The minimum absolute atomic E-state index is 0. The molecule has 2 saturated heterocycles. The highest BCUT2D eigenvalue weighted by molar-refractivity contribution is 5.85. The van der Waals surface area contributed by atoms with E-state index in [2.05, 4.69) is 20.2 Å². The standard InChI is InChI=1S/C33H33N3O5.C12H15N3O5.ClH/c1-33(40-21-26-15-9-4-10-16-26)30(27-17-18-28-32(37)34-23-35-36(27)28)41-29(22-38-19-24-11-5-2-6-12-24)31(33)39-20-25-13-7-3-8-14-25;1-12(19)9(17)8(4-16)20-10(12)6-2-3-7-11(18)13-5-14-15(6)7;/h2-18,23,29-31H,19-22H2,1H3,(H,34,35,37);2-3,5,8-10,16-17,19H,4H2,1H3,(H,13,14,18);1H/t29-,30+,31-,33+;8-,9-,10+,12-;/m11./s1. The van der Waals surface area contributed by atoms with E-state index in [1.54, 1.807) is 22.7 Å². The van der Waals surface area contributed by atoms with Gasteiger partial charge >= 0.3 is 0 Å². The molecule has 7 aromatic rings. The second kappa shape index (κ2) is 19.2. The Bertz CT molecular complexity index is 2640. The third-order valence-corrected chi connectivity index (χ3v) is 11.3. The molecule has 8 atom stereocenters. The second-order valence-electron chi connectivity index (χ2n) is 15.5. The highest BCUT2D eigenvalue weighted by Crippen LogP contribution is 2.47. The lowest BCUT2D eigenvalue weighted by Crippen LogP contribution is -2.47. The molecule has 0 unspecified atom stereocenters. The molecule has 0 amide bonds. The van der Waals surface area contributed by atoms with Gasteiger partial charge in [-0.1, -0.05) is 91.0 Å². The molecule has 326 valence electrons. The maximum absolute atomic E-state index is 12.5. The molecule has 2 aliphatic rings. The van der Waals surface area contributed by atoms with Gasteiger partial charge in [0.2, 0.25) is 0 Å². The number of ether oxygens (including phenoxy) is 5. The number of aliphatic hydroxyl groups excluding tert-OH is 2. The number of halogens is 1. The Labute approximate surface area is 362 Å². The molecule has 3 aromatic carbocycles. The summed E-state index contributed by atoms with van der Waals surface area (Å²) in [5, 5.41) is 38.0. The molecule has 4 aromatic heterocycles. The van der Waals surface area contributed by atoms with Crippen molar-refractivity contribution in [2.45, 2.75) is 81.5 Å². The first-order chi connectivity index (χ1) is 29.6. The number of nitrogens with one attached hydrogen (secondary N) is 2. The summed E-state index contributed by atoms with van der Waals surface area (Å²) in [6.45, 7) is 4.51. The summed E-state index contributed by atoms with van der Waals surface area (Å²) in [5.74, 6) is 0. The quantitative estimate of drug-likeness (QED) is 0.110. The molecule has 62 heavy (non-hydrogen) atoms. The third kappa shape index (κ3) is 9.01. The fraction of sp³-hybridized carbons (Fsp3) is 0.333. The van der Waals surface area contributed by atoms with Gasteiger partial charge in [0.25, 0.3) is 11.1 Å². The van der Waals surface area contributed by atoms with Crippen LogP contribution in [-0.2, 0) is 43.5 Å². The lowest BCUT2D eigenvalue weighted by Gasteiger charge is -2.35. The van der Waals surface area contributed by atoms with E-state index in [1.165, 1.54) is 24.1 Å². The molecular weight excluding hydrogens is 820 g/mol. The van der Waals surface area contributed by atoms with Crippen LogP contribution in [0.4, 0.5) is 0 Å². The smallest absolute Gasteiger partial charge is 0.275 e. The van der Waals surface area contributed by atoms with Crippen LogP contribution in [0.3, 0.4) is 0 Å². The number of hydrogen-bond donors (Lipinski definition) is 5. The third-order valence-electron chi connectivity index (χ3n) is 11.3. The molecule has 5 N–H and O–H groups in total. The van der Waals surface area contributed by atoms with E-state index in [-0.39, 0.29) is 23.5 Å². The molecule has 9 rings (SSSR count). The highest BCUT2D eigenvalue weighted by atomic mass is 35.5. The van der Waals surface area contributed by atoms with Crippen LogP contribution in [0.15, 0.2) is 138 Å². The first-order valence-electron chi connectivity index (χ1n) is 20.0. The van der Waals surface area contributed by atoms with Crippen molar-refractivity contribution in [2.75, 3.05) is 13.2 Å². The van der Waals surface area contributed by atoms with Crippen LogP contribution in [0.1, 0.15) is 54.1 Å². The molecule has 0 saturated carbocycles. The molecule has 0 aliphatic carbocycles. The average Bonchev–Trinajstić information content (AvgIpc) is 4.03. The number of fused-ring (bicyclic) bond motifs is 2. The van der Waals surface area contributed by atoms with Gasteiger partial charge in [0, 0.05) is 0 Å². The number of H-pyrrole nitrogens is 2. The van der Waals surface area contributed by atoms with E-state index in [0.29, 0.717) is 48.8 Å². The van der Waals surface area contributed by atoms with Gasteiger partial charge in [0.05, 0.1) is 44.4 Å². The van der Waals surface area contributed by atoms with E-state index < -0.39 is 54.4 Å². The minimum atomic E-state index is -1.59. The molecular formula is C45H49ClN6O10. The Morgan fingerprint density at radius 2 is 1.16 bits per heavy atom. The minimum Gasteiger partial charge on any atom is -0.394 e. The van der Waals surface area contributed by atoms with Crippen LogP contribution in [0.5, 0.6) is 0 Å². The maximum atomic E-state index is 12.5. The maximum Gasteiger partial charge on any atom is 0.275 e. The van der Waals surface area contributed by atoms with E-state index in [1.807, 2.05) is 104 Å². The monoisotopic (exact) mass is 868 g/mol. The molecule has 2 aliphatic heterocycles. The Balaban J connectivity index is 0.000000231. The molecule has 0 bridgehead atoms. The fourth-order valence-corrected chi connectivity index (χ4v) is 8.02. The van der Waals surface area contributed by atoms with Crippen LogP contribution in [0, 0.1) is 0 Å². The van der Waals surface area contributed by atoms with Crippen LogP contribution < -0.4 is 11.1 Å². The van der Waals surface area contributed by atoms with Crippen molar-refractivity contribution in [3.63, 3.8) is 0 Å². The number of hydrogen-bond acceptors (Lipinski definition) is 12. The molecule has 6 heterocycles. The summed E-state index contributed by atoms with van der Waals surface area (Å²) in [5.41, 5.74) is 1.97. The Morgan fingerprint density at radius 1 is 0.677 bits per heavy atom. The number of aromatic nitrogens is 6. The zero-order valence-corrected chi connectivity index (χ0v) is 34.8. The SMILES string of the molecule is C[C@@]1(O)[C@H](O)[C@@H](CO)O[C@H]1c1ccc2c(=O)[nH]cnn12.C[C@@]1(OCc2ccccc2)[C@H](OCc2ccccc2)[C@@H](COCc2ccccc2)O[C@H]1c1ccc2c(=O)[nH]cnn12.Cl. The van der Waals surface area contributed by atoms with Crippen molar-refractivity contribution in [1.29, 1.82) is 0 Å². The zero-order chi connectivity index (χ0) is 42.6. The second-order valence-corrected chi connectivity index (χ2v) is 15.5. The Hall–Kier alpha value is -5.53. The molecule has 2 fully saturated rings. The number of benzene rings is 3. The number of rotatable bonds is 13. The molecule has 0 radical (unpaired) electrons.